The number of nitrogens with zero attached hydrogens (tertiary/aromatic N) is 1. The fourth-order valence-corrected chi connectivity index (χ4v) is 3.99. The predicted molar refractivity (Wildman–Crippen MR) is 99.4 cm³/mol. The molecule has 2 N–H and O–H groups in total. The first kappa shape index (κ1) is 16.9. The Morgan fingerprint density at radius 1 is 1.21 bits per heavy atom. The summed E-state index contributed by atoms with van der Waals surface area (Å²) in [6, 6.07) is 8.49. The maximum Gasteiger partial charge on any atom is 0.315 e. The number of aromatic nitrogens is 1. The van der Waals surface area contributed by atoms with E-state index in [0.29, 0.717) is 6.54 Å². The second-order valence-electron chi connectivity index (χ2n) is 8.22. The molecule has 24 heavy (non-hydrogen) atoms. The van der Waals surface area contributed by atoms with E-state index < -0.39 is 0 Å². The monoisotopic (exact) mass is 327 g/mol. The standard InChI is InChI=1S/C20H29N3O/c1-19(2,3)22-18(24)21-14-20(11-7-8-12-20)16-13-23(4)17-10-6-5-9-15(16)17/h5-6,9-10,13H,7-8,11-12,14H2,1-4H3,(H2,21,22,24). The molecule has 2 amide bonds. The first-order valence-electron chi connectivity index (χ1n) is 8.91. The lowest BCUT2D eigenvalue weighted by atomic mass is 9.78. The van der Waals surface area contributed by atoms with Crippen molar-refractivity contribution in [1.29, 1.82) is 0 Å². The number of rotatable bonds is 3. The van der Waals surface area contributed by atoms with Gasteiger partial charge in [0.15, 0.2) is 0 Å². The van der Waals surface area contributed by atoms with Crippen LogP contribution in [0.25, 0.3) is 10.9 Å². The summed E-state index contributed by atoms with van der Waals surface area (Å²) < 4.78 is 2.21. The molecule has 0 aliphatic heterocycles. The Balaban J connectivity index is 1.87. The molecule has 130 valence electrons. The van der Waals surface area contributed by atoms with Crippen molar-refractivity contribution in [2.24, 2.45) is 7.05 Å². The van der Waals surface area contributed by atoms with E-state index in [0.717, 1.165) is 12.8 Å². The molecule has 1 aliphatic rings. The molecule has 4 nitrogen and oxygen atoms in total. The highest BCUT2D eigenvalue weighted by molar-refractivity contribution is 5.85. The number of urea groups is 1. The number of fused-ring (bicyclic) bond motifs is 1. The molecule has 0 radical (unpaired) electrons. The van der Waals surface area contributed by atoms with E-state index in [1.807, 2.05) is 20.8 Å². The van der Waals surface area contributed by atoms with Crippen LogP contribution in [0.1, 0.15) is 52.0 Å². The molecule has 0 saturated heterocycles. The zero-order chi connectivity index (χ0) is 17.4. The summed E-state index contributed by atoms with van der Waals surface area (Å²) in [7, 11) is 2.11. The number of amides is 2. The van der Waals surface area contributed by atoms with E-state index >= 15 is 0 Å². The molecule has 0 bridgehead atoms. The Morgan fingerprint density at radius 2 is 1.88 bits per heavy atom. The lowest BCUT2D eigenvalue weighted by Crippen LogP contribution is -2.49. The Labute approximate surface area is 144 Å². The van der Waals surface area contributed by atoms with Gasteiger partial charge in [0, 0.05) is 41.6 Å². The molecular formula is C20H29N3O. The smallest absolute Gasteiger partial charge is 0.315 e. The van der Waals surface area contributed by atoms with Gasteiger partial charge in [-0.15, -0.1) is 0 Å². The van der Waals surface area contributed by atoms with E-state index in [4.69, 9.17) is 0 Å². The molecule has 1 heterocycles. The van der Waals surface area contributed by atoms with Crippen molar-refractivity contribution in [3.8, 4) is 0 Å². The van der Waals surface area contributed by atoms with Crippen LogP contribution in [0.3, 0.4) is 0 Å². The number of carbonyl (C=O) groups is 1. The first-order valence-corrected chi connectivity index (χ1v) is 8.91. The van der Waals surface area contributed by atoms with E-state index in [1.165, 1.54) is 29.3 Å². The molecular weight excluding hydrogens is 298 g/mol. The van der Waals surface area contributed by atoms with Crippen molar-refractivity contribution >= 4 is 16.9 Å². The van der Waals surface area contributed by atoms with Crippen LogP contribution < -0.4 is 10.6 Å². The van der Waals surface area contributed by atoms with Gasteiger partial charge in [-0.3, -0.25) is 0 Å². The van der Waals surface area contributed by atoms with Gasteiger partial charge in [0.05, 0.1) is 0 Å². The molecule has 0 atom stereocenters. The fourth-order valence-electron chi connectivity index (χ4n) is 3.99. The van der Waals surface area contributed by atoms with E-state index in [-0.39, 0.29) is 17.0 Å². The van der Waals surface area contributed by atoms with Gasteiger partial charge in [-0.25, -0.2) is 4.79 Å². The Bertz CT molecular complexity index is 733. The van der Waals surface area contributed by atoms with Gasteiger partial charge in [-0.05, 0) is 45.2 Å². The highest BCUT2D eigenvalue weighted by Gasteiger charge is 2.38. The minimum atomic E-state index is -0.216. The molecule has 1 aromatic heterocycles. The number of hydrogen-bond acceptors (Lipinski definition) is 1. The Hall–Kier alpha value is -1.97. The van der Waals surface area contributed by atoms with Crippen LogP contribution in [0.2, 0.25) is 0 Å². The second kappa shape index (κ2) is 6.15. The van der Waals surface area contributed by atoms with Crippen LogP contribution in [-0.2, 0) is 12.5 Å². The van der Waals surface area contributed by atoms with Crippen molar-refractivity contribution in [3.63, 3.8) is 0 Å². The highest BCUT2D eigenvalue weighted by Crippen LogP contribution is 2.43. The van der Waals surface area contributed by atoms with Gasteiger partial charge in [-0.1, -0.05) is 31.0 Å². The van der Waals surface area contributed by atoms with Crippen LogP contribution in [0.4, 0.5) is 4.79 Å². The van der Waals surface area contributed by atoms with Gasteiger partial charge in [0.2, 0.25) is 0 Å². The van der Waals surface area contributed by atoms with Crippen molar-refractivity contribution < 1.29 is 4.79 Å². The number of para-hydroxylation sites is 1. The van der Waals surface area contributed by atoms with Crippen molar-refractivity contribution in [1.82, 2.24) is 15.2 Å². The molecule has 3 rings (SSSR count). The van der Waals surface area contributed by atoms with E-state index in [2.05, 4.69) is 52.7 Å². The highest BCUT2D eigenvalue weighted by atomic mass is 16.2. The maximum absolute atomic E-state index is 12.2. The number of aryl methyl sites for hydroxylation is 1. The van der Waals surface area contributed by atoms with Gasteiger partial charge in [0.1, 0.15) is 0 Å². The van der Waals surface area contributed by atoms with Crippen molar-refractivity contribution in [2.45, 2.75) is 57.4 Å². The summed E-state index contributed by atoms with van der Waals surface area (Å²) in [5, 5.41) is 7.45. The minimum absolute atomic E-state index is 0.0517. The van der Waals surface area contributed by atoms with E-state index in [1.54, 1.807) is 0 Å². The third-order valence-corrected chi connectivity index (χ3v) is 5.10. The molecule has 1 saturated carbocycles. The van der Waals surface area contributed by atoms with Crippen LogP contribution >= 0.6 is 0 Å². The van der Waals surface area contributed by atoms with E-state index in [9.17, 15) is 4.79 Å². The zero-order valence-electron chi connectivity index (χ0n) is 15.3. The summed E-state index contributed by atoms with van der Waals surface area (Å²) in [6.07, 6.45) is 6.99. The number of hydrogen-bond donors (Lipinski definition) is 2. The SMILES string of the molecule is Cn1cc(C2(CNC(=O)NC(C)(C)C)CCCC2)c2ccccc21. The number of benzene rings is 1. The van der Waals surface area contributed by atoms with Gasteiger partial charge in [0.25, 0.3) is 0 Å². The largest absolute Gasteiger partial charge is 0.350 e. The van der Waals surface area contributed by atoms with Crippen LogP contribution in [0.5, 0.6) is 0 Å². The quantitative estimate of drug-likeness (QED) is 0.876. The fraction of sp³-hybridized carbons (Fsp3) is 0.550. The first-order chi connectivity index (χ1) is 11.3. The molecule has 0 unspecified atom stereocenters. The normalized spacial score (nSPS) is 17.2. The Kier molecular flexibility index (Phi) is 4.33. The minimum Gasteiger partial charge on any atom is -0.350 e. The van der Waals surface area contributed by atoms with Crippen molar-refractivity contribution in [3.05, 3.63) is 36.0 Å². The van der Waals surface area contributed by atoms with Gasteiger partial charge in [-0.2, -0.15) is 0 Å². The van der Waals surface area contributed by atoms with Crippen LogP contribution in [0, 0.1) is 0 Å². The number of nitrogens with one attached hydrogen (secondary N) is 2. The molecule has 1 fully saturated rings. The average molecular weight is 327 g/mol. The summed E-state index contributed by atoms with van der Waals surface area (Å²) in [4.78, 5) is 12.2. The molecule has 1 aromatic carbocycles. The zero-order valence-corrected chi connectivity index (χ0v) is 15.3. The Morgan fingerprint density at radius 3 is 2.54 bits per heavy atom. The van der Waals surface area contributed by atoms with Crippen LogP contribution in [-0.4, -0.2) is 22.7 Å². The lowest BCUT2D eigenvalue weighted by Gasteiger charge is -2.30. The molecule has 0 spiro atoms. The summed E-state index contributed by atoms with van der Waals surface area (Å²) in [5.74, 6) is 0. The topological polar surface area (TPSA) is 46.1 Å². The molecule has 4 heteroatoms. The predicted octanol–water partition coefficient (Wildman–Crippen LogP) is 4.09. The molecule has 2 aromatic rings. The maximum atomic E-state index is 12.2. The average Bonchev–Trinajstić information content (AvgIpc) is 3.10. The molecule has 1 aliphatic carbocycles. The third-order valence-electron chi connectivity index (χ3n) is 5.10. The van der Waals surface area contributed by atoms with Crippen molar-refractivity contribution in [2.75, 3.05) is 6.54 Å². The summed E-state index contributed by atoms with van der Waals surface area (Å²) >= 11 is 0. The van der Waals surface area contributed by atoms with Gasteiger partial charge >= 0.3 is 6.03 Å². The summed E-state index contributed by atoms with van der Waals surface area (Å²) in [6.45, 7) is 6.71. The second-order valence-corrected chi connectivity index (χ2v) is 8.22. The lowest BCUT2D eigenvalue weighted by molar-refractivity contribution is 0.228. The third kappa shape index (κ3) is 3.28. The van der Waals surface area contributed by atoms with Crippen LogP contribution in [0.15, 0.2) is 30.5 Å². The van der Waals surface area contributed by atoms with Gasteiger partial charge < -0.3 is 15.2 Å². The summed E-state index contributed by atoms with van der Waals surface area (Å²) in [5.41, 5.74) is 2.48. The number of carbonyl (C=O) groups excluding carboxylic acids is 1.